The maximum absolute atomic E-state index is 11.8. The molecule has 0 amide bonds. The highest BCUT2D eigenvalue weighted by molar-refractivity contribution is 14.1. The summed E-state index contributed by atoms with van der Waals surface area (Å²) < 4.78 is 1.09. The van der Waals surface area contributed by atoms with Crippen LogP contribution in [0.5, 0.6) is 0 Å². The van der Waals surface area contributed by atoms with E-state index in [9.17, 15) is 5.21 Å². The lowest BCUT2D eigenvalue weighted by Gasteiger charge is -2.00. The molecule has 2 rings (SSSR count). The van der Waals surface area contributed by atoms with Crippen LogP contribution in [0.4, 0.5) is 11.4 Å². The molecule has 0 atom stereocenters. The summed E-state index contributed by atoms with van der Waals surface area (Å²) in [5.74, 6) is 0. The lowest BCUT2D eigenvalue weighted by Crippen LogP contribution is -1.90. The van der Waals surface area contributed by atoms with Gasteiger partial charge in [0, 0.05) is 20.8 Å². The molecule has 0 aliphatic carbocycles. The van der Waals surface area contributed by atoms with Crippen LogP contribution in [0.3, 0.4) is 0 Å². The van der Waals surface area contributed by atoms with Gasteiger partial charge >= 0.3 is 0 Å². The molecule has 17 heavy (non-hydrogen) atoms. The Balaban J connectivity index is 2.27. The zero-order valence-corrected chi connectivity index (χ0v) is 11.5. The lowest BCUT2D eigenvalue weighted by molar-refractivity contribution is -0.435. The second-order valence-electron chi connectivity index (χ2n) is 3.68. The fourth-order valence-corrected chi connectivity index (χ4v) is 1.70. The molecule has 3 nitrogen and oxygen atoms in total. The van der Waals surface area contributed by atoms with Crippen LogP contribution in [0, 0.1) is 15.7 Å². The average molecular weight is 338 g/mol. The van der Waals surface area contributed by atoms with Crippen molar-refractivity contribution in [3.05, 3.63) is 62.9 Å². The van der Waals surface area contributed by atoms with Crippen molar-refractivity contribution in [3.8, 4) is 0 Å². The standard InChI is InChI=1S/C13H11IN2O/c1-10-2-6-12(7-3-10)15-16(17)13-8-4-11(14)5-9-13/h2-9H,1H3. The molecule has 0 heterocycles. The van der Waals surface area contributed by atoms with E-state index in [1.165, 1.54) is 0 Å². The van der Waals surface area contributed by atoms with Gasteiger partial charge in [-0.15, -0.1) is 0 Å². The molecular formula is C13H11IN2O. The summed E-state index contributed by atoms with van der Waals surface area (Å²) in [4.78, 5) is 0.640. The van der Waals surface area contributed by atoms with Gasteiger partial charge in [-0.1, -0.05) is 22.6 Å². The quantitative estimate of drug-likeness (QED) is 0.343. The highest BCUT2D eigenvalue weighted by atomic mass is 127. The van der Waals surface area contributed by atoms with Crippen molar-refractivity contribution in [2.45, 2.75) is 6.92 Å². The van der Waals surface area contributed by atoms with E-state index in [0.717, 1.165) is 9.13 Å². The van der Waals surface area contributed by atoms with E-state index in [4.69, 9.17) is 0 Å². The summed E-state index contributed by atoms with van der Waals surface area (Å²) in [5.41, 5.74) is 2.34. The summed E-state index contributed by atoms with van der Waals surface area (Å²) in [6.45, 7) is 2.00. The number of benzene rings is 2. The predicted octanol–water partition coefficient (Wildman–Crippen LogP) is 4.53. The molecule has 0 aliphatic rings. The van der Waals surface area contributed by atoms with Gasteiger partial charge < -0.3 is 5.21 Å². The van der Waals surface area contributed by atoms with Crippen molar-refractivity contribution in [2.75, 3.05) is 0 Å². The molecule has 4 heteroatoms. The van der Waals surface area contributed by atoms with Crippen LogP contribution >= 0.6 is 22.6 Å². The molecule has 2 aromatic rings. The third kappa shape index (κ3) is 3.26. The van der Waals surface area contributed by atoms with Crippen molar-refractivity contribution in [1.29, 1.82) is 0 Å². The monoisotopic (exact) mass is 338 g/mol. The molecule has 0 fully saturated rings. The summed E-state index contributed by atoms with van der Waals surface area (Å²) in [6.07, 6.45) is 0. The van der Waals surface area contributed by atoms with E-state index in [2.05, 4.69) is 27.7 Å². The van der Waals surface area contributed by atoms with Crippen molar-refractivity contribution in [3.63, 3.8) is 0 Å². The van der Waals surface area contributed by atoms with Crippen molar-refractivity contribution in [1.82, 2.24) is 0 Å². The fraction of sp³-hybridized carbons (Fsp3) is 0.0769. The second kappa shape index (κ2) is 5.27. The first kappa shape index (κ1) is 12.0. The van der Waals surface area contributed by atoms with E-state index < -0.39 is 0 Å². The van der Waals surface area contributed by atoms with Gasteiger partial charge in [0.15, 0.2) is 0 Å². The van der Waals surface area contributed by atoms with Gasteiger partial charge in [-0.2, -0.15) is 0 Å². The third-order valence-corrected chi connectivity index (χ3v) is 3.01. The first-order valence-electron chi connectivity index (χ1n) is 5.16. The van der Waals surface area contributed by atoms with Gasteiger partial charge in [-0.05, 0) is 53.8 Å². The molecule has 0 aliphatic heterocycles. The van der Waals surface area contributed by atoms with E-state index in [-0.39, 0.29) is 0 Å². The van der Waals surface area contributed by atoms with Crippen LogP contribution in [0.2, 0.25) is 0 Å². The molecule has 86 valence electrons. The van der Waals surface area contributed by atoms with Crippen LogP contribution in [-0.2, 0) is 0 Å². The summed E-state index contributed by atoms with van der Waals surface area (Å²) in [5, 5.41) is 15.7. The first-order valence-corrected chi connectivity index (χ1v) is 6.24. The molecule has 0 saturated carbocycles. The molecular weight excluding hydrogens is 327 g/mol. The van der Waals surface area contributed by atoms with Crippen LogP contribution in [-0.4, -0.2) is 4.86 Å². The number of hydrogen-bond donors (Lipinski definition) is 0. The molecule has 0 radical (unpaired) electrons. The predicted molar refractivity (Wildman–Crippen MR) is 75.7 cm³/mol. The SMILES string of the molecule is Cc1ccc(N=[N+]([O-])c2ccc(I)cc2)cc1. The fourth-order valence-electron chi connectivity index (χ4n) is 1.34. The topological polar surface area (TPSA) is 38.4 Å². The minimum absolute atomic E-state index is 0.533. The van der Waals surface area contributed by atoms with E-state index in [1.807, 2.05) is 43.3 Å². The Kier molecular flexibility index (Phi) is 3.73. The molecule has 0 unspecified atom stereocenters. The maximum Gasteiger partial charge on any atom is 0.244 e. The zero-order chi connectivity index (χ0) is 12.3. The van der Waals surface area contributed by atoms with Crippen LogP contribution < -0.4 is 0 Å². The maximum atomic E-state index is 11.8. The summed E-state index contributed by atoms with van der Waals surface area (Å²) in [6, 6.07) is 14.8. The molecule has 0 N–H and O–H groups in total. The number of aryl methyl sites for hydroxylation is 1. The van der Waals surface area contributed by atoms with E-state index in [0.29, 0.717) is 16.2 Å². The largest absolute Gasteiger partial charge is 0.594 e. The van der Waals surface area contributed by atoms with E-state index >= 15 is 0 Å². The molecule has 0 aromatic heterocycles. The Morgan fingerprint density at radius 3 is 2.18 bits per heavy atom. The van der Waals surface area contributed by atoms with Gasteiger partial charge in [0.05, 0.1) is 0 Å². The molecule has 0 saturated heterocycles. The molecule has 0 bridgehead atoms. The Bertz CT molecular complexity index is 532. The zero-order valence-electron chi connectivity index (χ0n) is 9.30. The minimum Gasteiger partial charge on any atom is -0.594 e. The number of halogens is 1. The Hall–Kier alpha value is -1.43. The smallest absolute Gasteiger partial charge is 0.244 e. The van der Waals surface area contributed by atoms with Crippen molar-refractivity contribution in [2.24, 2.45) is 5.11 Å². The average Bonchev–Trinajstić information content (AvgIpc) is 2.33. The van der Waals surface area contributed by atoms with Crippen LogP contribution in [0.1, 0.15) is 5.56 Å². The van der Waals surface area contributed by atoms with Gasteiger partial charge in [-0.25, -0.2) is 0 Å². The summed E-state index contributed by atoms with van der Waals surface area (Å²) >= 11 is 2.20. The number of nitrogens with zero attached hydrogens (tertiary/aromatic N) is 2. The number of azo groups is 1. The van der Waals surface area contributed by atoms with Gasteiger partial charge in [0.1, 0.15) is 5.69 Å². The van der Waals surface area contributed by atoms with Crippen molar-refractivity contribution >= 4 is 34.0 Å². The van der Waals surface area contributed by atoms with Crippen LogP contribution in [0.25, 0.3) is 0 Å². The van der Waals surface area contributed by atoms with Crippen molar-refractivity contribution < 1.29 is 4.86 Å². The third-order valence-electron chi connectivity index (χ3n) is 2.29. The first-order chi connectivity index (χ1) is 8.15. The highest BCUT2D eigenvalue weighted by Gasteiger charge is 2.03. The van der Waals surface area contributed by atoms with Gasteiger partial charge in [0.2, 0.25) is 5.69 Å². The Morgan fingerprint density at radius 2 is 1.59 bits per heavy atom. The Labute approximate surface area is 114 Å². The van der Waals surface area contributed by atoms with Gasteiger partial charge in [0.25, 0.3) is 0 Å². The molecule has 0 spiro atoms. The van der Waals surface area contributed by atoms with E-state index in [1.54, 1.807) is 12.1 Å². The second-order valence-corrected chi connectivity index (χ2v) is 4.93. The molecule has 2 aromatic carbocycles. The number of hydrogen-bond acceptors (Lipinski definition) is 2. The van der Waals surface area contributed by atoms with Crippen LogP contribution in [0.15, 0.2) is 53.6 Å². The van der Waals surface area contributed by atoms with Gasteiger partial charge in [-0.3, -0.25) is 0 Å². The normalized spacial score (nSPS) is 11.5. The Morgan fingerprint density at radius 1 is 1.00 bits per heavy atom. The highest BCUT2D eigenvalue weighted by Crippen LogP contribution is 2.18. The minimum atomic E-state index is 0.533. The summed E-state index contributed by atoms with van der Waals surface area (Å²) in [7, 11) is 0. The number of rotatable bonds is 2. The lowest BCUT2D eigenvalue weighted by atomic mass is 10.2.